The number of hydrogen-bond donors (Lipinski definition) is 0. The van der Waals surface area contributed by atoms with Crippen LogP contribution in [0.25, 0.3) is 0 Å². The summed E-state index contributed by atoms with van der Waals surface area (Å²) in [4.78, 5) is 21.3. The van der Waals surface area contributed by atoms with E-state index in [0.717, 1.165) is 17.0 Å². The molecule has 1 aromatic carbocycles. The quantitative estimate of drug-likeness (QED) is 0.459. The number of carbonyl (C=O) groups excluding carboxylic acids is 1. The van der Waals surface area contributed by atoms with Crippen molar-refractivity contribution in [1.82, 2.24) is 9.97 Å². The third-order valence-electron chi connectivity index (χ3n) is 3.65. The first-order chi connectivity index (χ1) is 11.0. The summed E-state index contributed by atoms with van der Waals surface area (Å²) < 4.78 is 10.4. The maximum Gasteiger partial charge on any atom is 0.188 e. The number of thioether (sulfide) groups is 1. The molecule has 2 rings (SSSR count). The number of rotatable bonds is 6. The molecule has 0 aliphatic carbocycles. The third kappa shape index (κ3) is 4.01. The van der Waals surface area contributed by atoms with Crippen LogP contribution >= 0.6 is 11.8 Å². The van der Waals surface area contributed by atoms with Gasteiger partial charge in [-0.05, 0) is 44.5 Å². The van der Waals surface area contributed by atoms with E-state index in [0.29, 0.717) is 22.2 Å². The predicted octanol–water partition coefficient (Wildman–Crippen LogP) is 3.39. The van der Waals surface area contributed by atoms with Crippen LogP contribution in [0.2, 0.25) is 0 Å². The summed E-state index contributed by atoms with van der Waals surface area (Å²) in [5, 5.41) is 0.612. The zero-order valence-corrected chi connectivity index (χ0v) is 14.8. The zero-order chi connectivity index (χ0) is 17.0. The Morgan fingerprint density at radius 2 is 1.74 bits per heavy atom. The fourth-order valence-electron chi connectivity index (χ4n) is 2.05. The van der Waals surface area contributed by atoms with Crippen molar-refractivity contribution in [2.24, 2.45) is 0 Å². The first-order valence-corrected chi connectivity index (χ1v) is 8.14. The first kappa shape index (κ1) is 17.3. The van der Waals surface area contributed by atoms with Crippen molar-refractivity contribution in [3.63, 3.8) is 0 Å². The normalized spacial score (nSPS) is 10.5. The van der Waals surface area contributed by atoms with Crippen LogP contribution < -0.4 is 9.47 Å². The number of hydrogen-bond acceptors (Lipinski definition) is 6. The Labute approximate surface area is 140 Å². The number of aryl methyl sites for hydroxylation is 2. The van der Waals surface area contributed by atoms with Crippen molar-refractivity contribution < 1.29 is 14.3 Å². The van der Waals surface area contributed by atoms with Crippen molar-refractivity contribution in [2.45, 2.75) is 25.9 Å². The molecule has 1 aromatic heterocycles. The maximum atomic E-state index is 12.5. The molecule has 0 N–H and O–H groups in total. The molecule has 0 atom stereocenters. The average Bonchev–Trinajstić information content (AvgIpc) is 2.56. The lowest BCUT2D eigenvalue weighted by Crippen LogP contribution is -2.07. The van der Waals surface area contributed by atoms with E-state index in [9.17, 15) is 4.79 Å². The SMILES string of the molecule is COc1ccc(OC)c(C(=O)CSc2nc(C)c(C)c(C)n2)c1. The summed E-state index contributed by atoms with van der Waals surface area (Å²) in [5.74, 6) is 1.35. The summed E-state index contributed by atoms with van der Waals surface area (Å²) in [6.07, 6.45) is 0. The van der Waals surface area contributed by atoms with Crippen molar-refractivity contribution in [2.75, 3.05) is 20.0 Å². The van der Waals surface area contributed by atoms with Crippen LogP contribution in [0.3, 0.4) is 0 Å². The Morgan fingerprint density at radius 3 is 2.30 bits per heavy atom. The van der Waals surface area contributed by atoms with Crippen LogP contribution in [0.5, 0.6) is 11.5 Å². The second-order valence-corrected chi connectivity index (χ2v) is 6.02. The topological polar surface area (TPSA) is 61.3 Å². The highest BCUT2D eigenvalue weighted by Gasteiger charge is 2.15. The fourth-order valence-corrected chi connectivity index (χ4v) is 2.86. The van der Waals surface area contributed by atoms with Gasteiger partial charge < -0.3 is 9.47 Å². The molecular weight excluding hydrogens is 312 g/mol. The second-order valence-electron chi connectivity index (χ2n) is 5.08. The monoisotopic (exact) mass is 332 g/mol. The van der Waals surface area contributed by atoms with E-state index in [1.54, 1.807) is 32.4 Å². The highest BCUT2D eigenvalue weighted by Crippen LogP contribution is 2.26. The molecule has 5 nitrogen and oxygen atoms in total. The molecule has 0 unspecified atom stereocenters. The van der Waals surface area contributed by atoms with Crippen LogP contribution in [0.1, 0.15) is 27.3 Å². The van der Waals surface area contributed by atoms with Gasteiger partial charge in [0.25, 0.3) is 0 Å². The molecule has 0 spiro atoms. The lowest BCUT2D eigenvalue weighted by Gasteiger charge is -2.10. The third-order valence-corrected chi connectivity index (χ3v) is 4.50. The van der Waals surface area contributed by atoms with Gasteiger partial charge in [0.2, 0.25) is 0 Å². The Hall–Kier alpha value is -2.08. The number of methoxy groups -OCH3 is 2. The zero-order valence-electron chi connectivity index (χ0n) is 14.0. The van der Waals surface area contributed by atoms with E-state index in [1.165, 1.54) is 11.8 Å². The van der Waals surface area contributed by atoms with Gasteiger partial charge in [-0.1, -0.05) is 11.8 Å². The van der Waals surface area contributed by atoms with Crippen molar-refractivity contribution in [1.29, 1.82) is 0 Å². The molecular formula is C17H20N2O3S. The van der Waals surface area contributed by atoms with E-state index >= 15 is 0 Å². The maximum absolute atomic E-state index is 12.5. The smallest absolute Gasteiger partial charge is 0.188 e. The van der Waals surface area contributed by atoms with Crippen LogP contribution in [-0.4, -0.2) is 35.7 Å². The molecule has 0 aliphatic heterocycles. The number of Topliss-reactive ketones (excluding diaryl/α,β-unsaturated/α-hetero) is 1. The van der Waals surface area contributed by atoms with Gasteiger partial charge in [0, 0.05) is 11.4 Å². The number of carbonyl (C=O) groups is 1. The molecule has 2 aromatic rings. The minimum absolute atomic E-state index is 0.0507. The van der Waals surface area contributed by atoms with E-state index in [2.05, 4.69) is 9.97 Å². The first-order valence-electron chi connectivity index (χ1n) is 7.16. The minimum Gasteiger partial charge on any atom is -0.497 e. The molecule has 0 aliphatic rings. The van der Waals surface area contributed by atoms with E-state index in [4.69, 9.17) is 9.47 Å². The van der Waals surface area contributed by atoms with Crippen LogP contribution in [0.4, 0.5) is 0 Å². The van der Waals surface area contributed by atoms with Gasteiger partial charge in [0.15, 0.2) is 10.9 Å². The van der Waals surface area contributed by atoms with Gasteiger partial charge in [-0.2, -0.15) is 0 Å². The van der Waals surface area contributed by atoms with Crippen molar-refractivity contribution in [3.05, 3.63) is 40.7 Å². The lowest BCUT2D eigenvalue weighted by molar-refractivity contribution is 0.101. The van der Waals surface area contributed by atoms with E-state index in [-0.39, 0.29) is 11.5 Å². The van der Waals surface area contributed by atoms with Gasteiger partial charge >= 0.3 is 0 Å². The predicted molar refractivity (Wildman–Crippen MR) is 90.8 cm³/mol. The van der Waals surface area contributed by atoms with E-state index < -0.39 is 0 Å². The van der Waals surface area contributed by atoms with Gasteiger partial charge in [0.05, 0.1) is 25.5 Å². The molecule has 0 fully saturated rings. The summed E-state index contributed by atoms with van der Waals surface area (Å²) in [6, 6.07) is 5.18. The van der Waals surface area contributed by atoms with Gasteiger partial charge in [-0.15, -0.1) is 0 Å². The number of aromatic nitrogens is 2. The molecule has 0 saturated carbocycles. The van der Waals surface area contributed by atoms with Crippen LogP contribution in [0.15, 0.2) is 23.4 Å². The number of benzene rings is 1. The molecule has 0 radical (unpaired) electrons. The summed E-state index contributed by atoms with van der Waals surface area (Å²) in [5.41, 5.74) is 3.45. The highest BCUT2D eigenvalue weighted by molar-refractivity contribution is 7.99. The van der Waals surface area contributed by atoms with Crippen LogP contribution in [-0.2, 0) is 0 Å². The van der Waals surface area contributed by atoms with Crippen LogP contribution in [0, 0.1) is 20.8 Å². The molecule has 1 heterocycles. The Morgan fingerprint density at radius 1 is 1.09 bits per heavy atom. The average molecular weight is 332 g/mol. The number of ether oxygens (including phenoxy) is 2. The second kappa shape index (κ2) is 7.46. The van der Waals surface area contributed by atoms with Gasteiger partial charge in [-0.3, -0.25) is 4.79 Å². The van der Waals surface area contributed by atoms with Crippen molar-refractivity contribution >= 4 is 17.5 Å². The molecule has 6 heteroatoms. The Bertz CT molecular complexity index is 709. The number of nitrogens with zero attached hydrogens (tertiary/aromatic N) is 2. The molecule has 0 saturated heterocycles. The molecule has 23 heavy (non-hydrogen) atoms. The molecule has 0 bridgehead atoms. The van der Waals surface area contributed by atoms with Crippen molar-refractivity contribution in [3.8, 4) is 11.5 Å². The number of ketones is 1. The lowest BCUT2D eigenvalue weighted by atomic mass is 10.1. The van der Waals surface area contributed by atoms with Gasteiger partial charge in [0.1, 0.15) is 11.5 Å². The summed E-state index contributed by atoms with van der Waals surface area (Å²) >= 11 is 1.32. The fraction of sp³-hybridized carbons (Fsp3) is 0.353. The minimum atomic E-state index is -0.0507. The highest BCUT2D eigenvalue weighted by atomic mass is 32.2. The summed E-state index contributed by atoms with van der Waals surface area (Å²) in [7, 11) is 3.11. The largest absolute Gasteiger partial charge is 0.497 e. The molecule has 0 amide bonds. The Kier molecular flexibility index (Phi) is 5.60. The molecule has 122 valence electrons. The standard InChI is InChI=1S/C17H20N2O3S/c1-10-11(2)18-17(19-12(10)3)23-9-15(20)14-8-13(21-4)6-7-16(14)22-5/h6-8H,9H2,1-5H3. The Balaban J connectivity index is 2.17. The summed E-state index contributed by atoms with van der Waals surface area (Å²) in [6.45, 7) is 5.88. The van der Waals surface area contributed by atoms with Gasteiger partial charge in [-0.25, -0.2) is 9.97 Å². The van der Waals surface area contributed by atoms with E-state index in [1.807, 2.05) is 20.8 Å².